The molecule has 0 spiro atoms. The predicted octanol–water partition coefficient (Wildman–Crippen LogP) is 4.31. The van der Waals surface area contributed by atoms with E-state index in [1.807, 2.05) is 0 Å². The fraction of sp³-hybridized carbons (Fsp3) is 0.250. The summed E-state index contributed by atoms with van der Waals surface area (Å²) in [6, 6.07) is 4.66. The Labute approximate surface area is 146 Å². The highest BCUT2D eigenvalue weighted by Gasteiger charge is 2.32. The first-order valence-electron chi connectivity index (χ1n) is 7.47. The van der Waals surface area contributed by atoms with Crippen molar-refractivity contribution in [3.05, 3.63) is 40.4 Å². The number of halogens is 2. The van der Waals surface area contributed by atoms with Crippen LogP contribution in [0.1, 0.15) is 30.1 Å². The van der Waals surface area contributed by atoms with Gasteiger partial charge in [-0.15, -0.1) is 16.4 Å². The molecule has 4 rings (SSSR count). The number of benzene rings is 1. The molecule has 0 radical (unpaired) electrons. The van der Waals surface area contributed by atoms with Gasteiger partial charge in [-0.3, -0.25) is 10.1 Å². The number of aromatic amines is 1. The molecule has 8 heteroatoms. The number of nitrogens with zero attached hydrogens (tertiary/aromatic N) is 4. The molecule has 1 aliphatic carbocycles. The first-order valence-corrected chi connectivity index (χ1v) is 8.66. The molecule has 24 heavy (non-hydrogen) atoms. The molecule has 2 heterocycles. The molecule has 0 aliphatic heterocycles. The number of rotatable bonds is 4. The van der Waals surface area contributed by atoms with Gasteiger partial charge in [0.05, 0.1) is 15.6 Å². The lowest BCUT2D eigenvalue weighted by Gasteiger charge is -1.98. The Balaban J connectivity index is 1.84. The van der Waals surface area contributed by atoms with Gasteiger partial charge in [0.1, 0.15) is 22.2 Å². The van der Waals surface area contributed by atoms with Crippen LogP contribution in [0.2, 0.25) is 5.02 Å². The Morgan fingerprint density at radius 2 is 2.25 bits per heavy atom. The van der Waals surface area contributed by atoms with Gasteiger partial charge in [0, 0.05) is 24.7 Å². The number of hydrogen-bond acceptors (Lipinski definition) is 5. The average molecular weight is 362 g/mol. The first kappa shape index (κ1) is 15.4. The summed E-state index contributed by atoms with van der Waals surface area (Å²) in [6.07, 6.45) is 3.94. The summed E-state index contributed by atoms with van der Waals surface area (Å²) in [7, 11) is 1.70. The lowest BCUT2D eigenvalue weighted by Crippen LogP contribution is -1.89. The Morgan fingerprint density at radius 1 is 1.42 bits per heavy atom. The van der Waals surface area contributed by atoms with Crippen molar-refractivity contribution in [2.45, 2.75) is 18.8 Å². The summed E-state index contributed by atoms with van der Waals surface area (Å²) in [5.41, 5.74) is 3.33. The third kappa shape index (κ3) is 2.74. The molecule has 3 aromatic rings. The highest BCUT2D eigenvalue weighted by molar-refractivity contribution is 7.18. The van der Waals surface area contributed by atoms with E-state index in [2.05, 4.69) is 20.4 Å². The van der Waals surface area contributed by atoms with Gasteiger partial charge in [0.25, 0.3) is 0 Å². The maximum atomic E-state index is 13.4. The van der Waals surface area contributed by atoms with Crippen molar-refractivity contribution in [1.29, 1.82) is 0 Å². The van der Waals surface area contributed by atoms with E-state index >= 15 is 0 Å². The van der Waals surface area contributed by atoms with Crippen LogP contribution in [-0.4, -0.2) is 33.7 Å². The maximum Gasteiger partial charge on any atom is 0.141 e. The van der Waals surface area contributed by atoms with Gasteiger partial charge < -0.3 is 0 Å². The third-order valence-corrected chi connectivity index (χ3v) is 5.25. The summed E-state index contributed by atoms with van der Waals surface area (Å²) in [6.45, 7) is 0. The van der Waals surface area contributed by atoms with Gasteiger partial charge in [-0.05, 0) is 31.0 Å². The number of thiazole rings is 1. The lowest BCUT2D eigenvalue weighted by atomic mass is 10.2. The highest BCUT2D eigenvalue weighted by Crippen LogP contribution is 2.47. The standard InChI is InChI=1S/C16H13ClFN5S/c1-19-7-12-14(22-23-21-12)15-13(8-2-3-8)20-16(24-15)9-4-5-11(18)10(17)6-9/h4-8H,2-3H2,1H3,(H,21,22,23)/b19-7+. The molecule has 0 saturated heterocycles. The topological polar surface area (TPSA) is 66.8 Å². The largest absolute Gasteiger partial charge is 0.294 e. The van der Waals surface area contributed by atoms with Crippen LogP contribution < -0.4 is 0 Å². The summed E-state index contributed by atoms with van der Waals surface area (Å²) < 4.78 is 13.4. The zero-order valence-electron chi connectivity index (χ0n) is 12.8. The van der Waals surface area contributed by atoms with Gasteiger partial charge in [-0.1, -0.05) is 16.8 Å². The monoisotopic (exact) mass is 361 g/mol. The van der Waals surface area contributed by atoms with E-state index in [0.717, 1.165) is 45.4 Å². The summed E-state index contributed by atoms with van der Waals surface area (Å²) >= 11 is 7.43. The fourth-order valence-corrected chi connectivity index (χ4v) is 3.84. The Morgan fingerprint density at radius 3 is 2.96 bits per heavy atom. The van der Waals surface area contributed by atoms with Crippen molar-refractivity contribution in [3.8, 4) is 21.1 Å². The van der Waals surface area contributed by atoms with E-state index in [4.69, 9.17) is 16.6 Å². The molecule has 2 aromatic heterocycles. The predicted molar refractivity (Wildman–Crippen MR) is 93.4 cm³/mol. The minimum absolute atomic E-state index is 0.0949. The minimum Gasteiger partial charge on any atom is -0.294 e. The first-order chi connectivity index (χ1) is 11.7. The van der Waals surface area contributed by atoms with Crippen LogP contribution >= 0.6 is 22.9 Å². The molecule has 1 aromatic carbocycles. The van der Waals surface area contributed by atoms with Crippen LogP contribution in [0.5, 0.6) is 0 Å². The number of aliphatic imine (C=N–C) groups is 1. The molecule has 1 N–H and O–H groups in total. The molecular formula is C16H13ClFN5S. The number of H-pyrrole nitrogens is 1. The molecule has 1 aliphatic rings. The average Bonchev–Trinajstić information content (AvgIpc) is 3.15. The molecule has 1 fully saturated rings. The van der Waals surface area contributed by atoms with Crippen molar-refractivity contribution >= 4 is 29.2 Å². The number of nitrogens with one attached hydrogen (secondary N) is 1. The van der Waals surface area contributed by atoms with Gasteiger partial charge in [-0.2, -0.15) is 0 Å². The quantitative estimate of drug-likeness (QED) is 0.704. The number of aromatic nitrogens is 4. The summed E-state index contributed by atoms with van der Waals surface area (Å²) in [5.74, 6) is 0.0154. The second kappa shape index (κ2) is 6.07. The smallest absolute Gasteiger partial charge is 0.141 e. The Kier molecular flexibility index (Phi) is 3.90. The Hall–Kier alpha value is -2.12. The van der Waals surface area contributed by atoms with Gasteiger partial charge in [0.15, 0.2) is 0 Å². The molecule has 5 nitrogen and oxygen atoms in total. The number of hydrogen-bond donors (Lipinski definition) is 1. The summed E-state index contributed by atoms with van der Waals surface area (Å²) in [5, 5.41) is 11.8. The molecule has 122 valence electrons. The van der Waals surface area contributed by atoms with E-state index in [9.17, 15) is 4.39 Å². The lowest BCUT2D eigenvalue weighted by molar-refractivity contribution is 0.628. The van der Waals surface area contributed by atoms with Crippen LogP contribution in [0.25, 0.3) is 21.1 Å². The van der Waals surface area contributed by atoms with E-state index < -0.39 is 5.82 Å². The molecule has 1 saturated carbocycles. The van der Waals surface area contributed by atoms with E-state index in [1.54, 1.807) is 25.4 Å². The van der Waals surface area contributed by atoms with Crippen LogP contribution in [0.4, 0.5) is 4.39 Å². The fourth-order valence-electron chi connectivity index (χ4n) is 2.51. The van der Waals surface area contributed by atoms with Crippen LogP contribution in [0, 0.1) is 5.82 Å². The highest BCUT2D eigenvalue weighted by atomic mass is 35.5. The van der Waals surface area contributed by atoms with Crippen molar-refractivity contribution in [3.63, 3.8) is 0 Å². The van der Waals surface area contributed by atoms with Gasteiger partial charge in [-0.25, -0.2) is 9.37 Å². The molecular weight excluding hydrogens is 349 g/mol. The molecule has 0 unspecified atom stereocenters. The van der Waals surface area contributed by atoms with Crippen molar-refractivity contribution in [1.82, 2.24) is 20.4 Å². The minimum atomic E-state index is -0.433. The van der Waals surface area contributed by atoms with Crippen LogP contribution in [-0.2, 0) is 0 Å². The van der Waals surface area contributed by atoms with E-state index in [0.29, 0.717) is 5.92 Å². The molecule has 0 bridgehead atoms. The van der Waals surface area contributed by atoms with Crippen molar-refractivity contribution < 1.29 is 4.39 Å². The SMILES string of the molecule is C/N=C/c1[nH]nnc1-c1sc(-c2ccc(F)c(Cl)c2)nc1C1CC1. The zero-order chi connectivity index (χ0) is 16.7. The molecule has 0 amide bonds. The van der Waals surface area contributed by atoms with Crippen LogP contribution in [0.15, 0.2) is 23.2 Å². The van der Waals surface area contributed by atoms with E-state index in [1.165, 1.54) is 17.4 Å². The van der Waals surface area contributed by atoms with Gasteiger partial charge >= 0.3 is 0 Å². The van der Waals surface area contributed by atoms with Crippen LogP contribution in [0.3, 0.4) is 0 Å². The second-order valence-corrected chi connectivity index (χ2v) is 7.00. The maximum absolute atomic E-state index is 13.4. The second-order valence-electron chi connectivity index (χ2n) is 5.60. The van der Waals surface area contributed by atoms with Crippen molar-refractivity contribution in [2.24, 2.45) is 4.99 Å². The van der Waals surface area contributed by atoms with Gasteiger partial charge in [0.2, 0.25) is 0 Å². The van der Waals surface area contributed by atoms with Crippen molar-refractivity contribution in [2.75, 3.05) is 7.05 Å². The van der Waals surface area contributed by atoms with E-state index in [-0.39, 0.29) is 5.02 Å². The normalized spacial score (nSPS) is 14.6. The Bertz CT molecular complexity index is 928. The molecule has 0 atom stereocenters. The zero-order valence-corrected chi connectivity index (χ0v) is 14.3. The third-order valence-electron chi connectivity index (χ3n) is 3.83. The summed E-state index contributed by atoms with van der Waals surface area (Å²) in [4.78, 5) is 9.79.